The third-order valence-corrected chi connectivity index (χ3v) is 2.61. The average molecular weight is 285 g/mol. The van der Waals surface area contributed by atoms with Crippen molar-refractivity contribution in [2.24, 2.45) is 0 Å². The van der Waals surface area contributed by atoms with Crippen molar-refractivity contribution in [1.82, 2.24) is 5.32 Å². The van der Waals surface area contributed by atoms with Crippen LogP contribution in [0.3, 0.4) is 0 Å². The van der Waals surface area contributed by atoms with Gasteiger partial charge in [0.15, 0.2) is 0 Å². The normalized spacial score (nSPS) is 10.0. The molecule has 0 saturated carbocycles. The Hall–Kier alpha value is -1.75. The summed E-state index contributed by atoms with van der Waals surface area (Å²) in [5, 5.41) is 13.4. The van der Waals surface area contributed by atoms with E-state index in [0.29, 0.717) is 23.9 Å². The molecule has 104 valence electrons. The Kier molecular flexibility index (Phi) is 6.15. The lowest BCUT2D eigenvalue weighted by Crippen LogP contribution is -2.30. The highest BCUT2D eigenvalue weighted by molar-refractivity contribution is 6.30. The van der Waals surface area contributed by atoms with Gasteiger partial charge in [-0.05, 0) is 37.1 Å². The number of rotatable bonds is 7. The van der Waals surface area contributed by atoms with Crippen LogP contribution in [-0.4, -0.2) is 25.0 Å². The van der Waals surface area contributed by atoms with Crippen molar-refractivity contribution < 1.29 is 19.4 Å². The number of halogens is 1. The van der Waals surface area contributed by atoms with Crippen LogP contribution >= 0.6 is 11.6 Å². The lowest BCUT2D eigenvalue weighted by molar-refractivity contribution is -0.305. The fraction of sp³-hybridized carbons (Fsp3) is 0.385. The molecule has 6 heteroatoms. The number of carboxylic acids is 1. The Bertz CT molecular complexity index is 462. The minimum absolute atomic E-state index is 0.0810. The van der Waals surface area contributed by atoms with Gasteiger partial charge in [-0.15, -0.1) is 0 Å². The predicted octanol–water partition coefficient (Wildman–Crippen LogP) is 0.674. The van der Waals surface area contributed by atoms with Gasteiger partial charge < -0.3 is 20.0 Å². The molecule has 0 aromatic heterocycles. The first-order chi connectivity index (χ1) is 8.99. The van der Waals surface area contributed by atoms with Crippen LogP contribution in [0.15, 0.2) is 18.2 Å². The van der Waals surface area contributed by atoms with E-state index in [1.165, 1.54) is 0 Å². The largest absolute Gasteiger partial charge is 0.550 e. The van der Waals surface area contributed by atoms with E-state index < -0.39 is 5.97 Å². The van der Waals surface area contributed by atoms with Crippen molar-refractivity contribution in [1.29, 1.82) is 0 Å². The van der Waals surface area contributed by atoms with Gasteiger partial charge in [0, 0.05) is 17.4 Å². The van der Waals surface area contributed by atoms with Gasteiger partial charge in [-0.3, -0.25) is 4.79 Å². The first-order valence-electron chi connectivity index (χ1n) is 5.84. The maximum atomic E-state index is 11.2. The monoisotopic (exact) mass is 284 g/mol. The predicted molar refractivity (Wildman–Crippen MR) is 68.9 cm³/mol. The van der Waals surface area contributed by atoms with Gasteiger partial charge in [-0.1, -0.05) is 11.6 Å². The molecular formula is C13H15ClNO4-. The topological polar surface area (TPSA) is 78.5 Å². The van der Waals surface area contributed by atoms with Crippen molar-refractivity contribution >= 4 is 23.5 Å². The zero-order valence-corrected chi connectivity index (χ0v) is 11.3. The summed E-state index contributed by atoms with van der Waals surface area (Å²) in [6.45, 7) is 2.49. The minimum Gasteiger partial charge on any atom is -0.550 e. The fourth-order valence-corrected chi connectivity index (χ4v) is 1.66. The first kappa shape index (κ1) is 15.3. The summed E-state index contributed by atoms with van der Waals surface area (Å²) in [5.41, 5.74) is 0.913. The average Bonchev–Trinajstić information content (AvgIpc) is 2.34. The van der Waals surface area contributed by atoms with Gasteiger partial charge in [-0.2, -0.15) is 0 Å². The summed E-state index contributed by atoms with van der Waals surface area (Å²) >= 11 is 5.81. The second kappa shape index (κ2) is 7.63. The van der Waals surface area contributed by atoms with Crippen LogP contribution in [0.25, 0.3) is 0 Å². The van der Waals surface area contributed by atoms with E-state index in [1.54, 1.807) is 18.2 Å². The number of hydrogen-bond donors (Lipinski definition) is 1. The van der Waals surface area contributed by atoms with E-state index in [-0.39, 0.29) is 18.7 Å². The molecule has 0 radical (unpaired) electrons. The third kappa shape index (κ3) is 6.10. The van der Waals surface area contributed by atoms with Crippen molar-refractivity contribution in [2.75, 3.05) is 13.2 Å². The molecule has 0 unspecified atom stereocenters. The van der Waals surface area contributed by atoms with E-state index in [1.807, 2.05) is 6.92 Å². The highest BCUT2D eigenvalue weighted by atomic mass is 35.5. The van der Waals surface area contributed by atoms with E-state index in [4.69, 9.17) is 16.3 Å². The molecule has 0 spiro atoms. The number of carbonyl (C=O) groups is 2. The Morgan fingerprint density at radius 2 is 2.11 bits per heavy atom. The molecule has 1 rings (SSSR count). The summed E-state index contributed by atoms with van der Waals surface area (Å²) in [6.07, 6.45) is -0.356. The third-order valence-electron chi connectivity index (χ3n) is 2.37. The minimum atomic E-state index is -1.23. The van der Waals surface area contributed by atoms with Gasteiger partial charge in [0.05, 0.1) is 6.54 Å². The summed E-state index contributed by atoms with van der Waals surface area (Å²) < 4.78 is 5.47. The van der Waals surface area contributed by atoms with Crippen LogP contribution in [0.2, 0.25) is 5.02 Å². The number of carboxylic acid groups (broad SMARTS) is 1. The van der Waals surface area contributed by atoms with Crippen molar-refractivity contribution in [2.45, 2.75) is 19.8 Å². The number of aryl methyl sites for hydroxylation is 1. The smallest absolute Gasteiger partial charge is 0.220 e. The zero-order chi connectivity index (χ0) is 14.3. The molecule has 1 N–H and O–H groups in total. The maximum absolute atomic E-state index is 11.2. The molecule has 0 heterocycles. The number of aliphatic carboxylic acids is 1. The van der Waals surface area contributed by atoms with E-state index in [9.17, 15) is 14.7 Å². The molecular weight excluding hydrogens is 270 g/mol. The molecule has 1 aromatic rings. The molecule has 1 amide bonds. The SMILES string of the molecule is Cc1cc(Cl)ccc1OCCNC(=O)CCC(=O)[O-]. The van der Waals surface area contributed by atoms with Gasteiger partial charge >= 0.3 is 0 Å². The molecule has 0 aliphatic carbocycles. The number of nitrogens with one attached hydrogen (secondary N) is 1. The van der Waals surface area contributed by atoms with Crippen LogP contribution in [-0.2, 0) is 9.59 Å². The quantitative estimate of drug-likeness (QED) is 0.747. The highest BCUT2D eigenvalue weighted by Gasteiger charge is 2.02. The Balaban J connectivity index is 2.23. The van der Waals surface area contributed by atoms with Crippen molar-refractivity contribution in [3.63, 3.8) is 0 Å². The Morgan fingerprint density at radius 1 is 1.37 bits per heavy atom. The van der Waals surface area contributed by atoms with Crippen molar-refractivity contribution in [3.8, 4) is 5.75 Å². The number of carbonyl (C=O) groups excluding carboxylic acids is 2. The lowest BCUT2D eigenvalue weighted by atomic mass is 10.2. The number of ether oxygens (including phenoxy) is 1. The molecule has 0 bridgehead atoms. The molecule has 5 nitrogen and oxygen atoms in total. The Morgan fingerprint density at radius 3 is 2.74 bits per heavy atom. The highest BCUT2D eigenvalue weighted by Crippen LogP contribution is 2.21. The van der Waals surface area contributed by atoms with Gasteiger partial charge in [0.25, 0.3) is 0 Å². The van der Waals surface area contributed by atoms with E-state index in [0.717, 1.165) is 5.56 Å². The molecule has 1 aromatic carbocycles. The number of hydrogen-bond acceptors (Lipinski definition) is 4. The van der Waals surface area contributed by atoms with Crippen LogP contribution < -0.4 is 15.2 Å². The summed E-state index contributed by atoms with van der Waals surface area (Å²) in [6, 6.07) is 5.27. The van der Waals surface area contributed by atoms with E-state index >= 15 is 0 Å². The van der Waals surface area contributed by atoms with Crippen LogP contribution in [0, 0.1) is 6.92 Å². The fourth-order valence-electron chi connectivity index (χ4n) is 1.43. The molecule has 0 atom stereocenters. The van der Waals surface area contributed by atoms with Gasteiger partial charge in [-0.25, -0.2) is 0 Å². The molecule has 0 fully saturated rings. The molecule has 19 heavy (non-hydrogen) atoms. The maximum Gasteiger partial charge on any atom is 0.220 e. The van der Waals surface area contributed by atoms with Crippen molar-refractivity contribution in [3.05, 3.63) is 28.8 Å². The number of benzene rings is 1. The van der Waals surface area contributed by atoms with E-state index in [2.05, 4.69) is 5.32 Å². The van der Waals surface area contributed by atoms with Crippen LogP contribution in [0.1, 0.15) is 18.4 Å². The van der Waals surface area contributed by atoms with Gasteiger partial charge in [0.2, 0.25) is 5.91 Å². The van der Waals surface area contributed by atoms with Crippen LogP contribution in [0.5, 0.6) is 5.75 Å². The van der Waals surface area contributed by atoms with Gasteiger partial charge in [0.1, 0.15) is 12.4 Å². The molecule has 0 aliphatic heterocycles. The summed E-state index contributed by atoms with van der Waals surface area (Å²) in [4.78, 5) is 21.4. The second-order valence-electron chi connectivity index (χ2n) is 3.98. The summed E-state index contributed by atoms with van der Waals surface area (Å²) in [5.74, 6) is -0.864. The Labute approximate surface area is 116 Å². The first-order valence-corrected chi connectivity index (χ1v) is 6.22. The molecule has 0 aliphatic rings. The standard InChI is InChI=1S/C13H16ClNO4/c1-9-8-10(14)2-3-11(9)19-7-6-15-12(16)4-5-13(17)18/h2-3,8H,4-7H2,1H3,(H,15,16)(H,17,18)/p-1. The van der Waals surface area contributed by atoms with Crippen LogP contribution in [0.4, 0.5) is 0 Å². The summed E-state index contributed by atoms with van der Waals surface area (Å²) in [7, 11) is 0. The molecule has 0 saturated heterocycles. The zero-order valence-electron chi connectivity index (χ0n) is 10.6. The second-order valence-corrected chi connectivity index (χ2v) is 4.42. The number of amides is 1. The lowest BCUT2D eigenvalue weighted by Gasteiger charge is -2.10.